The van der Waals surface area contributed by atoms with E-state index in [2.05, 4.69) is 74.5 Å². The van der Waals surface area contributed by atoms with Crippen molar-refractivity contribution in [2.45, 2.75) is 0 Å². The molecule has 0 bridgehead atoms. The average Bonchev–Trinajstić information content (AvgIpc) is 3.09. The van der Waals surface area contributed by atoms with Gasteiger partial charge in [-0.3, -0.25) is 19.9 Å². The van der Waals surface area contributed by atoms with Crippen LogP contribution in [-0.2, 0) is 0 Å². The summed E-state index contributed by atoms with van der Waals surface area (Å²) in [5.74, 6) is 0. The summed E-state index contributed by atoms with van der Waals surface area (Å²) in [6.45, 7) is 0. The van der Waals surface area contributed by atoms with Crippen LogP contribution >= 0.6 is 15.9 Å². The summed E-state index contributed by atoms with van der Waals surface area (Å²) in [6.07, 6.45) is 6.99. The molecular formula is C34H21BrN8. The molecule has 0 unspecified atom stereocenters. The summed E-state index contributed by atoms with van der Waals surface area (Å²) in [4.78, 5) is 18.1. The second kappa shape index (κ2) is 11.8. The minimum absolute atomic E-state index is 0.661. The van der Waals surface area contributed by atoms with Gasteiger partial charge in [0.1, 0.15) is 22.8 Å². The monoisotopic (exact) mass is 620 g/mol. The molecule has 0 atom stereocenters. The highest BCUT2D eigenvalue weighted by molar-refractivity contribution is 9.10. The first-order valence-corrected chi connectivity index (χ1v) is 14.2. The zero-order valence-corrected chi connectivity index (χ0v) is 24.2. The lowest BCUT2D eigenvalue weighted by molar-refractivity contribution is 1.03. The molecule has 0 fully saturated rings. The van der Waals surface area contributed by atoms with E-state index in [1.54, 1.807) is 24.8 Å². The van der Waals surface area contributed by atoms with E-state index in [4.69, 9.17) is 0 Å². The number of pyridine rings is 4. The van der Waals surface area contributed by atoms with E-state index in [1.807, 2.05) is 84.9 Å². The van der Waals surface area contributed by atoms with Crippen molar-refractivity contribution >= 4 is 15.9 Å². The first-order chi connectivity index (χ1) is 21.2. The summed E-state index contributed by atoms with van der Waals surface area (Å²) in [5, 5.41) is 18.3. The molecule has 0 aliphatic rings. The molecule has 9 heteroatoms. The molecule has 0 saturated heterocycles. The molecule has 204 valence electrons. The predicted octanol–water partition coefficient (Wildman–Crippen LogP) is 7.61. The Hall–Kier alpha value is -5.54. The van der Waals surface area contributed by atoms with E-state index >= 15 is 0 Å². The van der Waals surface area contributed by atoms with Gasteiger partial charge >= 0.3 is 0 Å². The van der Waals surface area contributed by atoms with Crippen LogP contribution < -0.4 is 0 Å². The van der Waals surface area contributed by atoms with E-state index in [0.29, 0.717) is 22.8 Å². The molecule has 7 aromatic rings. The van der Waals surface area contributed by atoms with Crippen molar-refractivity contribution in [3.63, 3.8) is 0 Å². The fourth-order valence-corrected chi connectivity index (χ4v) is 5.28. The third-order valence-corrected chi connectivity index (χ3v) is 7.24. The Morgan fingerprint density at radius 3 is 1.14 bits per heavy atom. The molecule has 6 aromatic heterocycles. The standard InChI is InChI=1S/C34H21BrN8/c35-24-18-22(25-20-31(27-9-1-5-13-36-27)40-42-33(25)29-11-3-7-15-38-29)17-23(19-24)26-21-32(28-10-2-6-14-37-28)41-43-34(26)30-12-4-8-16-39-30/h1-21H. The quantitative estimate of drug-likeness (QED) is 0.187. The average molecular weight is 622 g/mol. The van der Waals surface area contributed by atoms with E-state index in [1.165, 1.54) is 0 Å². The Kier molecular flexibility index (Phi) is 7.21. The number of nitrogens with zero attached hydrogens (tertiary/aromatic N) is 8. The summed E-state index contributed by atoms with van der Waals surface area (Å²) < 4.78 is 0.881. The van der Waals surface area contributed by atoms with Crippen molar-refractivity contribution < 1.29 is 0 Å². The number of hydrogen-bond acceptors (Lipinski definition) is 8. The van der Waals surface area contributed by atoms with Gasteiger partial charge in [0, 0.05) is 40.4 Å². The summed E-state index contributed by atoms with van der Waals surface area (Å²) in [6, 6.07) is 33.2. The van der Waals surface area contributed by atoms with Crippen LogP contribution in [0.25, 0.3) is 67.8 Å². The Morgan fingerprint density at radius 2 is 0.767 bits per heavy atom. The molecule has 7 rings (SSSR count). The lowest BCUT2D eigenvalue weighted by atomic mass is 9.95. The van der Waals surface area contributed by atoms with Crippen molar-refractivity contribution in [3.8, 4) is 67.8 Å². The first kappa shape index (κ1) is 26.4. The molecule has 0 amide bonds. The Morgan fingerprint density at radius 1 is 0.372 bits per heavy atom. The highest BCUT2D eigenvalue weighted by Crippen LogP contribution is 2.38. The normalized spacial score (nSPS) is 10.9. The van der Waals surface area contributed by atoms with Crippen LogP contribution in [0.1, 0.15) is 0 Å². The maximum atomic E-state index is 4.64. The van der Waals surface area contributed by atoms with Crippen LogP contribution in [-0.4, -0.2) is 40.3 Å². The second-order valence-corrected chi connectivity index (χ2v) is 10.5. The van der Waals surface area contributed by atoms with E-state index in [9.17, 15) is 0 Å². The maximum absolute atomic E-state index is 4.64. The molecule has 0 aliphatic carbocycles. The van der Waals surface area contributed by atoms with Crippen LogP contribution in [0.5, 0.6) is 0 Å². The molecule has 0 aliphatic heterocycles. The minimum Gasteiger partial charge on any atom is -0.255 e. The topological polar surface area (TPSA) is 103 Å². The minimum atomic E-state index is 0.661. The highest BCUT2D eigenvalue weighted by Gasteiger charge is 2.19. The maximum Gasteiger partial charge on any atom is 0.119 e. The van der Waals surface area contributed by atoms with Crippen LogP contribution in [0.4, 0.5) is 0 Å². The van der Waals surface area contributed by atoms with Crippen molar-refractivity contribution in [3.05, 3.63) is 132 Å². The molecule has 0 radical (unpaired) electrons. The third-order valence-electron chi connectivity index (χ3n) is 6.78. The second-order valence-electron chi connectivity index (χ2n) is 9.57. The predicted molar refractivity (Wildman–Crippen MR) is 169 cm³/mol. The van der Waals surface area contributed by atoms with E-state index in [0.717, 1.165) is 49.5 Å². The SMILES string of the molecule is Brc1cc(-c2cc(-c3ccccn3)nnc2-c2ccccn2)cc(-c2cc(-c3ccccn3)nnc2-c2ccccn2)c1. The first-order valence-electron chi connectivity index (χ1n) is 13.5. The van der Waals surface area contributed by atoms with Gasteiger partial charge in [0.25, 0.3) is 0 Å². The van der Waals surface area contributed by atoms with Gasteiger partial charge in [-0.2, -0.15) is 0 Å². The molecule has 43 heavy (non-hydrogen) atoms. The highest BCUT2D eigenvalue weighted by atomic mass is 79.9. The fourth-order valence-electron chi connectivity index (χ4n) is 4.79. The number of halogens is 1. The van der Waals surface area contributed by atoms with Crippen LogP contribution in [0.2, 0.25) is 0 Å². The van der Waals surface area contributed by atoms with Crippen molar-refractivity contribution in [1.29, 1.82) is 0 Å². The van der Waals surface area contributed by atoms with Crippen molar-refractivity contribution in [1.82, 2.24) is 40.3 Å². The smallest absolute Gasteiger partial charge is 0.119 e. The van der Waals surface area contributed by atoms with Gasteiger partial charge in [0.15, 0.2) is 0 Å². The molecule has 1 aromatic carbocycles. The number of rotatable bonds is 6. The lowest BCUT2D eigenvalue weighted by Gasteiger charge is -2.14. The van der Waals surface area contributed by atoms with Crippen LogP contribution in [0.15, 0.2) is 132 Å². The molecule has 0 spiro atoms. The zero-order chi connectivity index (χ0) is 29.0. The summed E-state index contributed by atoms with van der Waals surface area (Å²) in [5.41, 5.74) is 9.11. The lowest BCUT2D eigenvalue weighted by Crippen LogP contribution is -1.99. The van der Waals surface area contributed by atoms with E-state index in [-0.39, 0.29) is 0 Å². The van der Waals surface area contributed by atoms with Crippen molar-refractivity contribution in [2.75, 3.05) is 0 Å². The fraction of sp³-hybridized carbons (Fsp3) is 0. The Bertz CT molecular complexity index is 1880. The molecule has 0 N–H and O–H groups in total. The molecule has 0 saturated carbocycles. The van der Waals surface area contributed by atoms with Crippen LogP contribution in [0.3, 0.4) is 0 Å². The van der Waals surface area contributed by atoms with Gasteiger partial charge in [-0.1, -0.05) is 40.2 Å². The largest absolute Gasteiger partial charge is 0.255 e. The van der Waals surface area contributed by atoms with Gasteiger partial charge in [-0.05, 0) is 90.0 Å². The summed E-state index contributed by atoms with van der Waals surface area (Å²) in [7, 11) is 0. The van der Waals surface area contributed by atoms with Gasteiger partial charge in [0.2, 0.25) is 0 Å². The molecular weight excluding hydrogens is 600 g/mol. The van der Waals surface area contributed by atoms with Gasteiger partial charge in [-0.15, -0.1) is 20.4 Å². The Labute approximate surface area is 255 Å². The van der Waals surface area contributed by atoms with Gasteiger partial charge < -0.3 is 0 Å². The van der Waals surface area contributed by atoms with Gasteiger partial charge in [-0.25, -0.2) is 0 Å². The van der Waals surface area contributed by atoms with Gasteiger partial charge in [0.05, 0.1) is 22.8 Å². The third kappa shape index (κ3) is 5.53. The Balaban J connectivity index is 1.45. The number of aromatic nitrogens is 8. The number of benzene rings is 1. The summed E-state index contributed by atoms with van der Waals surface area (Å²) >= 11 is 3.77. The van der Waals surface area contributed by atoms with Crippen molar-refractivity contribution in [2.24, 2.45) is 0 Å². The zero-order valence-electron chi connectivity index (χ0n) is 22.6. The van der Waals surface area contributed by atoms with Crippen LogP contribution in [0, 0.1) is 0 Å². The molecule has 6 heterocycles. The molecule has 8 nitrogen and oxygen atoms in total. The number of hydrogen-bond donors (Lipinski definition) is 0. The van der Waals surface area contributed by atoms with E-state index < -0.39 is 0 Å².